The molecule has 0 aliphatic rings. The third-order valence-corrected chi connectivity index (χ3v) is 3.89. The minimum Gasteiger partial charge on any atom is -0.508 e. The Kier molecular flexibility index (Phi) is 5.00. The van der Waals surface area contributed by atoms with Crippen LogP contribution < -0.4 is 5.32 Å². The maximum atomic E-state index is 12.3. The molecule has 0 fully saturated rings. The lowest BCUT2D eigenvalue weighted by molar-refractivity contribution is 0.121. The number of benzene rings is 3. The molecule has 1 atom stereocenters. The first-order chi connectivity index (χ1) is 12.1. The van der Waals surface area contributed by atoms with Crippen molar-refractivity contribution in [1.82, 2.24) is 0 Å². The van der Waals surface area contributed by atoms with Gasteiger partial charge in [-0.15, -0.1) is 0 Å². The summed E-state index contributed by atoms with van der Waals surface area (Å²) < 4.78 is 5.46. The molecule has 0 bridgehead atoms. The molecule has 0 aliphatic carbocycles. The number of ether oxygens (including phenoxy) is 1. The first-order valence-electron chi connectivity index (χ1n) is 8.04. The van der Waals surface area contributed by atoms with Crippen LogP contribution in [0.2, 0.25) is 0 Å². The SMILES string of the molecule is CC(OC(=O)Nc1ccccc1-c1ccc(O)cc1)c1ccccc1. The highest BCUT2D eigenvalue weighted by atomic mass is 16.6. The largest absolute Gasteiger partial charge is 0.508 e. The molecule has 3 aromatic carbocycles. The topological polar surface area (TPSA) is 58.6 Å². The van der Waals surface area contributed by atoms with Crippen molar-refractivity contribution in [3.63, 3.8) is 0 Å². The van der Waals surface area contributed by atoms with Gasteiger partial charge in [0.1, 0.15) is 11.9 Å². The van der Waals surface area contributed by atoms with Gasteiger partial charge in [0, 0.05) is 5.56 Å². The second-order valence-corrected chi connectivity index (χ2v) is 5.68. The molecular formula is C21H19NO3. The normalized spacial score (nSPS) is 11.6. The highest BCUT2D eigenvalue weighted by Gasteiger charge is 2.13. The van der Waals surface area contributed by atoms with Gasteiger partial charge in [-0.05, 0) is 36.2 Å². The van der Waals surface area contributed by atoms with Crippen LogP contribution in [0.4, 0.5) is 10.5 Å². The predicted octanol–water partition coefficient (Wildman–Crippen LogP) is 5.37. The molecule has 3 rings (SSSR count). The van der Waals surface area contributed by atoms with E-state index in [2.05, 4.69) is 5.32 Å². The van der Waals surface area contributed by atoms with Crippen LogP contribution in [-0.2, 0) is 4.74 Å². The van der Waals surface area contributed by atoms with Crippen LogP contribution in [-0.4, -0.2) is 11.2 Å². The maximum Gasteiger partial charge on any atom is 0.412 e. The maximum absolute atomic E-state index is 12.3. The highest BCUT2D eigenvalue weighted by molar-refractivity contribution is 5.91. The van der Waals surface area contributed by atoms with Crippen molar-refractivity contribution in [3.05, 3.63) is 84.4 Å². The minimum atomic E-state index is -0.511. The Morgan fingerprint density at radius 3 is 2.28 bits per heavy atom. The number of amides is 1. The molecule has 25 heavy (non-hydrogen) atoms. The molecule has 0 aliphatic heterocycles. The number of carbonyl (C=O) groups is 1. The minimum absolute atomic E-state index is 0.199. The molecule has 0 radical (unpaired) electrons. The van der Waals surface area contributed by atoms with E-state index in [1.807, 2.05) is 61.5 Å². The fraction of sp³-hybridized carbons (Fsp3) is 0.0952. The van der Waals surface area contributed by atoms with Gasteiger partial charge >= 0.3 is 6.09 Å². The van der Waals surface area contributed by atoms with Crippen LogP contribution in [0.5, 0.6) is 5.75 Å². The second kappa shape index (κ2) is 7.53. The molecule has 1 amide bonds. The van der Waals surface area contributed by atoms with Crippen molar-refractivity contribution >= 4 is 11.8 Å². The Morgan fingerprint density at radius 2 is 1.56 bits per heavy atom. The molecule has 4 nitrogen and oxygen atoms in total. The van der Waals surface area contributed by atoms with Crippen LogP contribution in [0.15, 0.2) is 78.9 Å². The lowest BCUT2D eigenvalue weighted by Crippen LogP contribution is -2.16. The second-order valence-electron chi connectivity index (χ2n) is 5.68. The average molecular weight is 333 g/mol. The summed E-state index contributed by atoms with van der Waals surface area (Å²) in [6.45, 7) is 1.83. The van der Waals surface area contributed by atoms with Crippen molar-refractivity contribution < 1.29 is 14.6 Å². The number of rotatable bonds is 4. The van der Waals surface area contributed by atoms with E-state index in [9.17, 15) is 9.90 Å². The van der Waals surface area contributed by atoms with Gasteiger partial charge in [0.05, 0.1) is 5.69 Å². The van der Waals surface area contributed by atoms with Crippen molar-refractivity contribution in [1.29, 1.82) is 0 Å². The van der Waals surface area contributed by atoms with Gasteiger partial charge in [0.2, 0.25) is 0 Å². The van der Waals surface area contributed by atoms with E-state index in [4.69, 9.17) is 4.74 Å². The zero-order valence-electron chi connectivity index (χ0n) is 13.8. The Bertz CT molecular complexity index is 845. The van der Waals surface area contributed by atoms with Gasteiger partial charge in [-0.1, -0.05) is 60.7 Å². The summed E-state index contributed by atoms with van der Waals surface area (Å²) >= 11 is 0. The number of carbonyl (C=O) groups excluding carboxylic acids is 1. The molecule has 2 N–H and O–H groups in total. The summed E-state index contributed by atoms with van der Waals surface area (Å²) in [6.07, 6.45) is -0.857. The van der Waals surface area contributed by atoms with E-state index in [0.717, 1.165) is 16.7 Å². The van der Waals surface area contributed by atoms with Crippen LogP contribution in [0.3, 0.4) is 0 Å². The smallest absolute Gasteiger partial charge is 0.412 e. The monoisotopic (exact) mass is 333 g/mol. The van der Waals surface area contributed by atoms with Crippen LogP contribution in [0.1, 0.15) is 18.6 Å². The van der Waals surface area contributed by atoms with Gasteiger partial charge in [0.25, 0.3) is 0 Å². The number of phenols is 1. The number of aromatic hydroxyl groups is 1. The van der Waals surface area contributed by atoms with Crippen molar-refractivity contribution in [2.75, 3.05) is 5.32 Å². The molecule has 0 spiro atoms. The molecule has 4 heteroatoms. The summed E-state index contributed by atoms with van der Waals surface area (Å²) in [7, 11) is 0. The van der Waals surface area contributed by atoms with Gasteiger partial charge in [-0.2, -0.15) is 0 Å². The van der Waals surface area contributed by atoms with Gasteiger partial charge in [-0.3, -0.25) is 5.32 Å². The van der Waals surface area contributed by atoms with Crippen molar-refractivity contribution in [3.8, 4) is 16.9 Å². The van der Waals surface area contributed by atoms with Gasteiger partial charge < -0.3 is 9.84 Å². The van der Waals surface area contributed by atoms with E-state index < -0.39 is 6.09 Å². The van der Waals surface area contributed by atoms with E-state index in [1.165, 1.54) is 0 Å². The fourth-order valence-corrected chi connectivity index (χ4v) is 2.58. The van der Waals surface area contributed by atoms with Crippen molar-refractivity contribution in [2.24, 2.45) is 0 Å². The highest BCUT2D eigenvalue weighted by Crippen LogP contribution is 2.29. The number of para-hydroxylation sites is 1. The Hall–Kier alpha value is -3.27. The molecule has 0 heterocycles. The first-order valence-corrected chi connectivity index (χ1v) is 8.04. The third-order valence-electron chi connectivity index (χ3n) is 3.89. The molecule has 1 unspecified atom stereocenters. The third kappa shape index (κ3) is 4.18. The molecule has 126 valence electrons. The summed E-state index contributed by atoms with van der Waals surface area (Å²) in [5.74, 6) is 0.199. The van der Waals surface area contributed by atoms with Crippen molar-refractivity contribution in [2.45, 2.75) is 13.0 Å². The van der Waals surface area contributed by atoms with E-state index in [0.29, 0.717) is 5.69 Å². The van der Waals surface area contributed by atoms with E-state index in [-0.39, 0.29) is 11.9 Å². The summed E-state index contributed by atoms with van der Waals surface area (Å²) in [6, 6.07) is 23.9. The summed E-state index contributed by atoms with van der Waals surface area (Å²) in [5, 5.41) is 12.2. The number of phenolic OH excluding ortho intramolecular Hbond substituents is 1. The number of anilines is 1. The van der Waals surface area contributed by atoms with Crippen LogP contribution in [0.25, 0.3) is 11.1 Å². The lowest BCUT2D eigenvalue weighted by Gasteiger charge is -2.16. The molecular weight excluding hydrogens is 314 g/mol. The molecule has 0 aromatic heterocycles. The van der Waals surface area contributed by atoms with Crippen LogP contribution in [0, 0.1) is 0 Å². The fourth-order valence-electron chi connectivity index (χ4n) is 2.58. The summed E-state index contributed by atoms with van der Waals surface area (Å²) in [5.41, 5.74) is 3.33. The van der Waals surface area contributed by atoms with E-state index in [1.54, 1.807) is 24.3 Å². The first kappa shape index (κ1) is 16.6. The Balaban J connectivity index is 1.74. The zero-order chi connectivity index (χ0) is 17.6. The Morgan fingerprint density at radius 1 is 0.920 bits per heavy atom. The average Bonchev–Trinajstić information content (AvgIpc) is 2.63. The van der Waals surface area contributed by atoms with Gasteiger partial charge in [0.15, 0.2) is 0 Å². The lowest BCUT2D eigenvalue weighted by atomic mass is 10.0. The standard InChI is InChI=1S/C21H19NO3/c1-15(16-7-3-2-4-8-16)25-21(24)22-20-10-6-5-9-19(20)17-11-13-18(23)14-12-17/h2-15,23H,1H3,(H,22,24). The quantitative estimate of drug-likeness (QED) is 0.675. The van der Waals surface area contributed by atoms with Gasteiger partial charge in [-0.25, -0.2) is 4.79 Å². The van der Waals surface area contributed by atoms with Crippen LogP contribution >= 0.6 is 0 Å². The molecule has 0 saturated carbocycles. The number of hydrogen-bond donors (Lipinski definition) is 2. The number of hydrogen-bond acceptors (Lipinski definition) is 3. The summed E-state index contributed by atoms with van der Waals surface area (Å²) in [4.78, 5) is 12.3. The number of nitrogens with one attached hydrogen (secondary N) is 1. The zero-order valence-corrected chi connectivity index (χ0v) is 13.8. The predicted molar refractivity (Wildman–Crippen MR) is 98.5 cm³/mol. The van der Waals surface area contributed by atoms with E-state index >= 15 is 0 Å². The Labute approximate surface area is 146 Å². The molecule has 0 saturated heterocycles. The molecule has 3 aromatic rings.